The number of thioether (sulfide) groups is 1. The zero-order chi connectivity index (χ0) is 16.7. The summed E-state index contributed by atoms with van der Waals surface area (Å²) < 4.78 is 0. The van der Waals surface area contributed by atoms with Gasteiger partial charge in [0.05, 0.1) is 0 Å². The number of carboxylic acid groups (broad SMARTS) is 1. The van der Waals surface area contributed by atoms with Gasteiger partial charge in [0.1, 0.15) is 17.5 Å². The molecule has 0 aliphatic carbocycles. The zero-order valence-electron chi connectivity index (χ0n) is 12.9. The molecule has 1 fully saturated rings. The number of nitrogens with one attached hydrogen (secondary N) is 1. The molecule has 0 aromatic heterocycles. The van der Waals surface area contributed by atoms with Crippen molar-refractivity contribution in [2.75, 3.05) is 5.75 Å². The van der Waals surface area contributed by atoms with Gasteiger partial charge in [0.25, 0.3) is 5.91 Å². The first-order chi connectivity index (χ1) is 10.9. The van der Waals surface area contributed by atoms with E-state index in [9.17, 15) is 19.5 Å². The summed E-state index contributed by atoms with van der Waals surface area (Å²) in [6.07, 6.45) is 0. The number of hydrogen-bond acceptors (Lipinski definition) is 4. The van der Waals surface area contributed by atoms with Crippen LogP contribution >= 0.6 is 11.8 Å². The molecule has 2 heterocycles. The number of hydrogen-bond donors (Lipinski definition) is 2. The quantitative estimate of drug-likeness (QED) is 0.871. The summed E-state index contributed by atoms with van der Waals surface area (Å²) in [6.45, 7) is 3.48. The topological polar surface area (TPSA) is 86.7 Å². The molecule has 2 amide bonds. The van der Waals surface area contributed by atoms with Crippen LogP contribution < -0.4 is 5.32 Å². The molecule has 122 valence electrons. The third-order valence-electron chi connectivity index (χ3n) is 4.23. The van der Waals surface area contributed by atoms with Crippen molar-refractivity contribution in [3.05, 3.63) is 35.4 Å². The third-order valence-corrected chi connectivity index (χ3v) is 5.53. The standard InChI is InChI=1S/C16H18N2O4S/c1-8(2)12(16(21)22)17-13(19)11-7-23-15-10-6-4-3-5-9(10)14(20)18(11)15/h3-6,8,11-12,15H,7H2,1-2H3,(H,17,19)(H,21,22)/t11-,12+,15+/m0/s1. The Bertz CT molecular complexity index is 676. The van der Waals surface area contributed by atoms with Crippen LogP contribution in [0, 0.1) is 5.92 Å². The maximum Gasteiger partial charge on any atom is 0.326 e. The van der Waals surface area contributed by atoms with E-state index >= 15 is 0 Å². The molecule has 0 radical (unpaired) electrons. The first-order valence-electron chi connectivity index (χ1n) is 7.48. The minimum Gasteiger partial charge on any atom is -0.480 e. The summed E-state index contributed by atoms with van der Waals surface area (Å²) in [5, 5.41) is 11.6. The number of benzene rings is 1. The van der Waals surface area contributed by atoms with Crippen molar-refractivity contribution in [2.45, 2.75) is 31.3 Å². The smallest absolute Gasteiger partial charge is 0.326 e. The van der Waals surface area contributed by atoms with Gasteiger partial charge in [-0.25, -0.2) is 4.79 Å². The second kappa shape index (κ2) is 5.88. The summed E-state index contributed by atoms with van der Waals surface area (Å²) in [5.41, 5.74) is 1.55. The van der Waals surface area contributed by atoms with E-state index in [0.29, 0.717) is 11.3 Å². The van der Waals surface area contributed by atoms with Gasteiger partial charge in [0.15, 0.2) is 0 Å². The monoisotopic (exact) mass is 334 g/mol. The van der Waals surface area contributed by atoms with Crippen LogP contribution in [0.1, 0.15) is 35.1 Å². The predicted octanol–water partition coefficient (Wildman–Crippen LogP) is 1.48. The Hall–Kier alpha value is -2.02. The average molecular weight is 334 g/mol. The maximum absolute atomic E-state index is 12.6. The van der Waals surface area contributed by atoms with Crippen molar-refractivity contribution in [2.24, 2.45) is 5.92 Å². The Balaban J connectivity index is 1.80. The highest BCUT2D eigenvalue weighted by atomic mass is 32.2. The fourth-order valence-electron chi connectivity index (χ4n) is 3.01. The van der Waals surface area contributed by atoms with E-state index in [0.717, 1.165) is 5.56 Å². The van der Waals surface area contributed by atoms with Crippen LogP contribution in [0.2, 0.25) is 0 Å². The van der Waals surface area contributed by atoms with Gasteiger partial charge in [-0.2, -0.15) is 0 Å². The lowest BCUT2D eigenvalue weighted by Crippen LogP contribution is -2.52. The molecule has 0 bridgehead atoms. The molecule has 0 unspecified atom stereocenters. The normalized spacial score (nSPS) is 23.6. The molecule has 3 atom stereocenters. The fraction of sp³-hybridized carbons (Fsp3) is 0.438. The van der Waals surface area contributed by atoms with Crippen LogP contribution in [-0.4, -0.2) is 45.6 Å². The van der Waals surface area contributed by atoms with Gasteiger partial charge in [-0.05, 0) is 17.5 Å². The summed E-state index contributed by atoms with van der Waals surface area (Å²) >= 11 is 1.54. The van der Waals surface area contributed by atoms with Gasteiger partial charge in [-0.1, -0.05) is 32.0 Å². The number of carbonyl (C=O) groups excluding carboxylic acids is 2. The Morgan fingerprint density at radius 3 is 2.70 bits per heavy atom. The molecule has 2 aliphatic heterocycles. The maximum atomic E-state index is 12.6. The lowest BCUT2D eigenvalue weighted by atomic mass is 10.0. The molecule has 6 nitrogen and oxygen atoms in total. The minimum absolute atomic E-state index is 0.156. The molecule has 1 saturated heterocycles. The molecule has 2 aliphatic rings. The Morgan fingerprint density at radius 1 is 1.35 bits per heavy atom. The summed E-state index contributed by atoms with van der Waals surface area (Å²) in [7, 11) is 0. The number of amides is 2. The highest BCUT2D eigenvalue weighted by molar-refractivity contribution is 7.99. The molecular weight excluding hydrogens is 316 g/mol. The van der Waals surface area contributed by atoms with E-state index in [-0.39, 0.29) is 17.2 Å². The number of rotatable bonds is 4. The molecule has 23 heavy (non-hydrogen) atoms. The van der Waals surface area contributed by atoms with E-state index in [2.05, 4.69) is 5.32 Å². The summed E-state index contributed by atoms with van der Waals surface area (Å²) in [4.78, 5) is 37.9. The van der Waals surface area contributed by atoms with Crippen LogP contribution in [0.15, 0.2) is 24.3 Å². The molecule has 2 N–H and O–H groups in total. The SMILES string of the molecule is CC(C)[C@@H](NC(=O)[C@@H]1CS[C@@H]2c3ccccc3C(=O)N21)C(=O)O. The van der Waals surface area contributed by atoms with Gasteiger partial charge in [-0.3, -0.25) is 9.59 Å². The highest BCUT2D eigenvalue weighted by Crippen LogP contribution is 2.48. The van der Waals surface area contributed by atoms with Crippen molar-refractivity contribution in [3.8, 4) is 0 Å². The van der Waals surface area contributed by atoms with E-state index in [1.165, 1.54) is 11.8 Å². The number of fused-ring (bicyclic) bond motifs is 3. The second-order valence-corrected chi connectivity index (χ2v) is 7.18. The fourth-order valence-corrected chi connectivity index (χ4v) is 4.47. The van der Waals surface area contributed by atoms with Crippen LogP contribution in [-0.2, 0) is 9.59 Å². The minimum atomic E-state index is -1.06. The second-order valence-electron chi connectivity index (χ2n) is 6.07. The van der Waals surface area contributed by atoms with Crippen molar-refractivity contribution < 1.29 is 19.5 Å². The van der Waals surface area contributed by atoms with Crippen molar-refractivity contribution in [1.82, 2.24) is 10.2 Å². The largest absolute Gasteiger partial charge is 0.480 e. The molecule has 1 aromatic carbocycles. The van der Waals surface area contributed by atoms with Crippen LogP contribution in [0.25, 0.3) is 0 Å². The van der Waals surface area contributed by atoms with E-state index in [4.69, 9.17) is 0 Å². The molecule has 3 rings (SSSR count). The lowest BCUT2D eigenvalue weighted by Gasteiger charge is -2.25. The van der Waals surface area contributed by atoms with Gasteiger partial charge in [0, 0.05) is 11.3 Å². The third kappa shape index (κ3) is 2.59. The molecular formula is C16H18N2O4S. The zero-order valence-corrected chi connectivity index (χ0v) is 13.7. The van der Waals surface area contributed by atoms with Crippen molar-refractivity contribution in [3.63, 3.8) is 0 Å². The number of aliphatic carboxylic acids is 1. The van der Waals surface area contributed by atoms with Crippen LogP contribution in [0.3, 0.4) is 0 Å². The number of carboxylic acids is 1. The lowest BCUT2D eigenvalue weighted by molar-refractivity contribution is -0.143. The molecule has 0 saturated carbocycles. The van der Waals surface area contributed by atoms with E-state index in [1.54, 1.807) is 30.9 Å². The van der Waals surface area contributed by atoms with Gasteiger partial charge < -0.3 is 15.3 Å². The van der Waals surface area contributed by atoms with Crippen molar-refractivity contribution in [1.29, 1.82) is 0 Å². The molecule has 1 aromatic rings. The Kier molecular flexibility index (Phi) is 4.06. The van der Waals surface area contributed by atoms with E-state index in [1.807, 2.05) is 12.1 Å². The van der Waals surface area contributed by atoms with E-state index < -0.39 is 24.0 Å². The number of carbonyl (C=O) groups is 3. The summed E-state index contributed by atoms with van der Waals surface area (Å²) in [5.74, 6) is -1.38. The van der Waals surface area contributed by atoms with Gasteiger partial charge in [-0.15, -0.1) is 11.8 Å². The molecule has 7 heteroatoms. The average Bonchev–Trinajstić information content (AvgIpc) is 3.05. The predicted molar refractivity (Wildman–Crippen MR) is 86.0 cm³/mol. The number of nitrogens with zero attached hydrogens (tertiary/aromatic N) is 1. The van der Waals surface area contributed by atoms with Crippen LogP contribution in [0.5, 0.6) is 0 Å². The Morgan fingerprint density at radius 2 is 2.04 bits per heavy atom. The summed E-state index contributed by atoms with van der Waals surface area (Å²) in [6, 6.07) is 5.76. The van der Waals surface area contributed by atoms with Crippen LogP contribution in [0.4, 0.5) is 0 Å². The Labute approximate surface area is 138 Å². The van der Waals surface area contributed by atoms with Crippen molar-refractivity contribution >= 4 is 29.5 Å². The first-order valence-corrected chi connectivity index (χ1v) is 8.53. The van der Waals surface area contributed by atoms with Gasteiger partial charge in [0.2, 0.25) is 5.91 Å². The van der Waals surface area contributed by atoms with Gasteiger partial charge >= 0.3 is 5.97 Å². The first kappa shape index (κ1) is 15.9. The highest BCUT2D eigenvalue weighted by Gasteiger charge is 2.48. The molecule has 0 spiro atoms.